The first-order chi connectivity index (χ1) is 11.1. The molecule has 0 bridgehead atoms. The molecule has 1 fully saturated rings. The SMILES string of the molecule is Cc1cc(OCC2COC2)cc(C(=O)Nc2ccc(F)cn2)n1. The number of ether oxygens (including phenoxy) is 2. The predicted molar refractivity (Wildman–Crippen MR) is 80.9 cm³/mol. The van der Waals surface area contributed by atoms with Crippen molar-refractivity contribution in [3.05, 3.63) is 47.7 Å². The summed E-state index contributed by atoms with van der Waals surface area (Å²) in [6.07, 6.45) is 1.04. The number of rotatable bonds is 5. The second-order valence-corrected chi connectivity index (χ2v) is 5.36. The standard InChI is InChI=1S/C16H16FN3O3/c1-10-4-13(23-9-11-7-22-8-11)5-14(19-10)16(21)20-15-3-2-12(17)6-18-15/h2-6,11H,7-9H2,1H3,(H,18,20,21). The van der Waals surface area contributed by atoms with Gasteiger partial charge in [0.25, 0.3) is 5.91 Å². The topological polar surface area (TPSA) is 73.3 Å². The molecule has 2 aromatic rings. The van der Waals surface area contributed by atoms with Gasteiger partial charge in [-0.3, -0.25) is 4.79 Å². The number of carbonyl (C=O) groups excluding carboxylic acids is 1. The molecule has 0 aliphatic carbocycles. The van der Waals surface area contributed by atoms with Crippen LogP contribution in [0.25, 0.3) is 0 Å². The van der Waals surface area contributed by atoms with Gasteiger partial charge in [0.15, 0.2) is 0 Å². The largest absolute Gasteiger partial charge is 0.493 e. The highest BCUT2D eigenvalue weighted by molar-refractivity contribution is 6.02. The molecule has 1 N–H and O–H groups in total. The zero-order valence-electron chi connectivity index (χ0n) is 12.6. The summed E-state index contributed by atoms with van der Waals surface area (Å²) < 4.78 is 23.6. The van der Waals surface area contributed by atoms with E-state index in [0.29, 0.717) is 37.2 Å². The summed E-state index contributed by atoms with van der Waals surface area (Å²) in [6.45, 7) is 3.73. The first-order valence-corrected chi connectivity index (χ1v) is 7.22. The van der Waals surface area contributed by atoms with E-state index in [-0.39, 0.29) is 11.5 Å². The van der Waals surface area contributed by atoms with Crippen LogP contribution in [0.4, 0.5) is 10.2 Å². The van der Waals surface area contributed by atoms with E-state index in [1.54, 1.807) is 19.1 Å². The van der Waals surface area contributed by atoms with Gasteiger partial charge in [-0.2, -0.15) is 0 Å². The Morgan fingerprint density at radius 1 is 1.43 bits per heavy atom. The minimum atomic E-state index is -0.465. The second kappa shape index (κ2) is 6.70. The highest BCUT2D eigenvalue weighted by Gasteiger charge is 2.19. The molecule has 1 aliphatic heterocycles. The molecule has 0 atom stereocenters. The number of anilines is 1. The number of nitrogens with one attached hydrogen (secondary N) is 1. The Morgan fingerprint density at radius 3 is 2.91 bits per heavy atom. The van der Waals surface area contributed by atoms with Crippen molar-refractivity contribution in [2.75, 3.05) is 25.1 Å². The van der Waals surface area contributed by atoms with Crippen molar-refractivity contribution in [2.24, 2.45) is 5.92 Å². The molecule has 0 spiro atoms. The first kappa shape index (κ1) is 15.4. The monoisotopic (exact) mass is 317 g/mol. The number of pyridine rings is 2. The normalized spacial score (nSPS) is 14.2. The third kappa shape index (κ3) is 4.01. The van der Waals surface area contributed by atoms with Crippen LogP contribution in [0.3, 0.4) is 0 Å². The van der Waals surface area contributed by atoms with Crippen molar-refractivity contribution in [3.8, 4) is 5.75 Å². The first-order valence-electron chi connectivity index (χ1n) is 7.22. The maximum atomic E-state index is 12.8. The molecule has 0 unspecified atom stereocenters. The maximum Gasteiger partial charge on any atom is 0.275 e. The van der Waals surface area contributed by atoms with Crippen molar-refractivity contribution < 1.29 is 18.7 Å². The summed E-state index contributed by atoms with van der Waals surface area (Å²) in [6, 6.07) is 5.95. The van der Waals surface area contributed by atoms with Crippen molar-refractivity contribution in [2.45, 2.75) is 6.92 Å². The smallest absolute Gasteiger partial charge is 0.275 e. The second-order valence-electron chi connectivity index (χ2n) is 5.36. The van der Waals surface area contributed by atoms with Crippen molar-refractivity contribution in [1.82, 2.24) is 9.97 Å². The summed E-state index contributed by atoms with van der Waals surface area (Å²) in [5.41, 5.74) is 0.889. The number of hydrogen-bond donors (Lipinski definition) is 1. The third-order valence-corrected chi connectivity index (χ3v) is 3.32. The van der Waals surface area contributed by atoms with Crippen LogP contribution < -0.4 is 10.1 Å². The molecule has 1 aliphatic rings. The minimum absolute atomic E-state index is 0.219. The average Bonchev–Trinajstić information content (AvgIpc) is 2.47. The summed E-state index contributed by atoms with van der Waals surface area (Å²) in [5.74, 6) is 0.344. The number of nitrogens with zero attached hydrogens (tertiary/aromatic N) is 2. The van der Waals surface area contributed by atoms with Gasteiger partial charge in [0.2, 0.25) is 0 Å². The van der Waals surface area contributed by atoms with Crippen LogP contribution in [0.15, 0.2) is 30.5 Å². The lowest BCUT2D eigenvalue weighted by molar-refractivity contribution is -0.0508. The minimum Gasteiger partial charge on any atom is -0.493 e. The number of hydrogen-bond acceptors (Lipinski definition) is 5. The van der Waals surface area contributed by atoms with Crippen LogP contribution in [0, 0.1) is 18.7 Å². The van der Waals surface area contributed by atoms with E-state index in [2.05, 4.69) is 15.3 Å². The molecule has 2 aromatic heterocycles. The Labute approximate surface area is 132 Å². The van der Waals surface area contributed by atoms with Crippen LogP contribution >= 0.6 is 0 Å². The van der Waals surface area contributed by atoms with Crippen molar-refractivity contribution >= 4 is 11.7 Å². The van der Waals surface area contributed by atoms with Crippen LogP contribution in [-0.2, 0) is 4.74 Å². The molecule has 1 amide bonds. The van der Waals surface area contributed by atoms with Gasteiger partial charge in [-0.05, 0) is 19.1 Å². The van der Waals surface area contributed by atoms with Crippen LogP contribution in [0.2, 0.25) is 0 Å². The van der Waals surface area contributed by atoms with Crippen molar-refractivity contribution in [3.63, 3.8) is 0 Å². The Kier molecular flexibility index (Phi) is 4.47. The van der Waals surface area contributed by atoms with Gasteiger partial charge in [-0.15, -0.1) is 0 Å². The molecule has 0 aromatic carbocycles. The fraction of sp³-hybridized carbons (Fsp3) is 0.312. The van der Waals surface area contributed by atoms with Gasteiger partial charge in [-0.1, -0.05) is 0 Å². The summed E-state index contributed by atoms with van der Waals surface area (Å²) >= 11 is 0. The van der Waals surface area contributed by atoms with E-state index in [4.69, 9.17) is 9.47 Å². The Balaban J connectivity index is 1.68. The molecular formula is C16H16FN3O3. The molecule has 6 nitrogen and oxygen atoms in total. The quantitative estimate of drug-likeness (QED) is 0.915. The zero-order chi connectivity index (χ0) is 16.2. The Bertz CT molecular complexity index is 702. The van der Waals surface area contributed by atoms with E-state index >= 15 is 0 Å². The van der Waals surface area contributed by atoms with Crippen LogP contribution in [0.1, 0.15) is 16.2 Å². The van der Waals surface area contributed by atoms with Gasteiger partial charge in [0.1, 0.15) is 23.1 Å². The predicted octanol–water partition coefficient (Wildman–Crippen LogP) is 2.20. The molecule has 0 saturated carbocycles. The number of aryl methyl sites for hydroxylation is 1. The fourth-order valence-corrected chi connectivity index (χ4v) is 2.06. The molecule has 23 heavy (non-hydrogen) atoms. The van der Waals surface area contributed by atoms with E-state index in [1.165, 1.54) is 12.1 Å². The number of carbonyl (C=O) groups is 1. The van der Waals surface area contributed by atoms with Crippen LogP contribution in [-0.4, -0.2) is 35.7 Å². The molecule has 1 saturated heterocycles. The number of halogens is 1. The highest BCUT2D eigenvalue weighted by Crippen LogP contribution is 2.18. The molecule has 7 heteroatoms. The lowest BCUT2D eigenvalue weighted by Crippen LogP contribution is -2.32. The van der Waals surface area contributed by atoms with Crippen LogP contribution in [0.5, 0.6) is 5.75 Å². The summed E-state index contributed by atoms with van der Waals surface area (Å²) in [5, 5.41) is 2.57. The summed E-state index contributed by atoms with van der Waals surface area (Å²) in [4.78, 5) is 20.2. The molecule has 3 rings (SSSR count). The molecule has 3 heterocycles. The average molecular weight is 317 g/mol. The van der Waals surface area contributed by atoms with Gasteiger partial charge < -0.3 is 14.8 Å². The summed E-state index contributed by atoms with van der Waals surface area (Å²) in [7, 11) is 0. The van der Waals surface area contributed by atoms with Gasteiger partial charge >= 0.3 is 0 Å². The maximum absolute atomic E-state index is 12.8. The third-order valence-electron chi connectivity index (χ3n) is 3.32. The fourth-order valence-electron chi connectivity index (χ4n) is 2.06. The number of aromatic nitrogens is 2. The number of amides is 1. The van der Waals surface area contributed by atoms with E-state index in [0.717, 1.165) is 6.20 Å². The molecule has 120 valence electrons. The lowest BCUT2D eigenvalue weighted by atomic mass is 10.1. The van der Waals surface area contributed by atoms with Gasteiger partial charge in [0, 0.05) is 23.7 Å². The van der Waals surface area contributed by atoms with Crippen molar-refractivity contribution in [1.29, 1.82) is 0 Å². The lowest BCUT2D eigenvalue weighted by Gasteiger charge is -2.25. The van der Waals surface area contributed by atoms with E-state index in [1.807, 2.05) is 0 Å². The molecular weight excluding hydrogens is 301 g/mol. The van der Waals surface area contributed by atoms with E-state index in [9.17, 15) is 9.18 Å². The molecule has 0 radical (unpaired) electrons. The highest BCUT2D eigenvalue weighted by atomic mass is 19.1. The Morgan fingerprint density at radius 2 is 2.26 bits per heavy atom. The Hall–Kier alpha value is -2.54. The van der Waals surface area contributed by atoms with Gasteiger partial charge in [-0.25, -0.2) is 14.4 Å². The van der Waals surface area contributed by atoms with E-state index < -0.39 is 11.7 Å². The van der Waals surface area contributed by atoms with Gasteiger partial charge in [0.05, 0.1) is 26.0 Å². The zero-order valence-corrected chi connectivity index (χ0v) is 12.6.